The summed E-state index contributed by atoms with van der Waals surface area (Å²) in [6.07, 6.45) is 1.55. The van der Waals surface area contributed by atoms with Crippen molar-refractivity contribution < 1.29 is 13.6 Å². The van der Waals surface area contributed by atoms with Crippen LogP contribution in [-0.4, -0.2) is 20.4 Å². The molecule has 144 valence electrons. The molecule has 0 bridgehead atoms. The molecule has 0 aliphatic rings. The monoisotopic (exact) mass is 392 g/mol. The zero-order chi connectivity index (χ0) is 20.5. The largest absolute Gasteiger partial charge is 0.322 e. The number of carbonyl (C=O) groups is 1. The SMILES string of the molecule is Cc1nc2ncccc2c(=O)n1-c1cccc(NC(=O)c2c(F)cccc2F)c1. The lowest BCUT2D eigenvalue weighted by molar-refractivity contribution is 0.101. The van der Waals surface area contributed by atoms with Crippen LogP contribution in [0.4, 0.5) is 14.5 Å². The van der Waals surface area contributed by atoms with Crippen LogP contribution in [0, 0.1) is 18.6 Å². The Morgan fingerprint density at radius 1 is 1.03 bits per heavy atom. The Hall–Kier alpha value is -3.94. The first kappa shape index (κ1) is 18.4. The fourth-order valence-electron chi connectivity index (χ4n) is 3.06. The third-order valence-corrected chi connectivity index (χ3v) is 4.36. The Bertz CT molecular complexity index is 1300. The number of anilines is 1. The number of nitrogens with zero attached hydrogens (tertiary/aromatic N) is 3. The number of amides is 1. The molecule has 0 aliphatic carbocycles. The number of hydrogen-bond donors (Lipinski definition) is 1. The zero-order valence-corrected chi connectivity index (χ0v) is 15.2. The number of carbonyl (C=O) groups excluding carboxylic acids is 1. The van der Waals surface area contributed by atoms with Gasteiger partial charge in [0.05, 0.1) is 11.1 Å². The van der Waals surface area contributed by atoms with E-state index in [2.05, 4.69) is 15.3 Å². The van der Waals surface area contributed by atoms with Gasteiger partial charge in [0.25, 0.3) is 11.5 Å². The lowest BCUT2D eigenvalue weighted by Crippen LogP contribution is -2.23. The van der Waals surface area contributed by atoms with Gasteiger partial charge in [-0.2, -0.15) is 0 Å². The summed E-state index contributed by atoms with van der Waals surface area (Å²) >= 11 is 0. The normalized spacial score (nSPS) is 10.9. The van der Waals surface area contributed by atoms with Gasteiger partial charge in [0, 0.05) is 11.9 Å². The van der Waals surface area contributed by atoms with Crippen LogP contribution in [0.2, 0.25) is 0 Å². The number of benzene rings is 2. The van der Waals surface area contributed by atoms with Crippen molar-refractivity contribution in [2.45, 2.75) is 6.92 Å². The molecule has 0 radical (unpaired) electrons. The zero-order valence-electron chi connectivity index (χ0n) is 15.2. The molecule has 8 heteroatoms. The van der Waals surface area contributed by atoms with Crippen LogP contribution in [-0.2, 0) is 0 Å². The van der Waals surface area contributed by atoms with Crippen molar-refractivity contribution in [3.63, 3.8) is 0 Å². The van der Waals surface area contributed by atoms with E-state index in [0.717, 1.165) is 12.1 Å². The summed E-state index contributed by atoms with van der Waals surface area (Å²) in [6, 6.07) is 12.8. The summed E-state index contributed by atoms with van der Waals surface area (Å²) in [5.41, 5.74) is 0.0601. The van der Waals surface area contributed by atoms with Crippen molar-refractivity contribution in [1.29, 1.82) is 0 Å². The van der Waals surface area contributed by atoms with Gasteiger partial charge in [0.15, 0.2) is 5.65 Å². The van der Waals surface area contributed by atoms with Crippen LogP contribution < -0.4 is 10.9 Å². The minimum atomic E-state index is -0.961. The van der Waals surface area contributed by atoms with E-state index in [1.54, 1.807) is 43.5 Å². The van der Waals surface area contributed by atoms with Gasteiger partial charge in [-0.15, -0.1) is 0 Å². The molecule has 2 aromatic heterocycles. The van der Waals surface area contributed by atoms with Gasteiger partial charge in [0.2, 0.25) is 0 Å². The summed E-state index contributed by atoms with van der Waals surface area (Å²) in [6.45, 7) is 1.66. The fraction of sp³-hybridized carbons (Fsp3) is 0.0476. The van der Waals surface area contributed by atoms with E-state index in [-0.39, 0.29) is 11.2 Å². The van der Waals surface area contributed by atoms with E-state index in [1.807, 2.05) is 0 Å². The Morgan fingerprint density at radius 3 is 2.52 bits per heavy atom. The first-order valence-corrected chi connectivity index (χ1v) is 8.66. The molecule has 1 amide bonds. The van der Waals surface area contributed by atoms with Crippen molar-refractivity contribution in [2.24, 2.45) is 0 Å². The van der Waals surface area contributed by atoms with Crippen molar-refractivity contribution >= 4 is 22.6 Å². The molecule has 2 heterocycles. The smallest absolute Gasteiger partial charge is 0.267 e. The number of hydrogen-bond acceptors (Lipinski definition) is 4. The van der Waals surface area contributed by atoms with Crippen molar-refractivity contribution in [3.8, 4) is 5.69 Å². The first-order chi connectivity index (χ1) is 14.0. The summed E-state index contributed by atoms with van der Waals surface area (Å²) < 4.78 is 29.1. The predicted molar refractivity (Wildman–Crippen MR) is 104 cm³/mol. The van der Waals surface area contributed by atoms with E-state index >= 15 is 0 Å². The van der Waals surface area contributed by atoms with Crippen molar-refractivity contribution in [1.82, 2.24) is 14.5 Å². The van der Waals surface area contributed by atoms with Gasteiger partial charge < -0.3 is 5.32 Å². The molecule has 0 fully saturated rings. The lowest BCUT2D eigenvalue weighted by Gasteiger charge is -2.12. The van der Waals surface area contributed by atoms with Crippen LogP contribution in [0.3, 0.4) is 0 Å². The Morgan fingerprint density at radius 2 is 1.76 bits per heavy atom. The molecule has 0 spiro atoms. The molecule has 4 aromatic rings. The Labute approximate surface area is 163 Å². The van der Waals surface area contributed by atoms with Gasteiger partial charge in [-0.3, -0.25) is 14.2 Å². The second-order valence-corrected chi connectivity index (χ2v) is 6.28. The van der Waals surface area contributed by atoms with E-state index in [9.17, 15) is 18.4 Å². The summed E-state index contributed by atoms with van der Waals surface area (Å²) in [5.74, 6) is -2.44. The molecule has 0 saturated carbocycles. The van der Waals surface area contributed by atoms with Gasteiger partial charge in [-0.1, -0.05) is 12.1 Å². The van der Waals surface area contributed by atoms with E-state index in [4.69, 9.17) is 0 Å². The van der Waals surface area contributed by atoms with Crippen LogP contribution in [0.25, 0.3) is 16.7 Å². The van der Waals surface area contributed by atoms with Crippen molar-refractivity contribution in [3.05, 3.63) is 94.2 Å². The van der Waals surface area contributed by atoms with Crippen LogP contribution in [0.5, 0.6) is 0 Å². The fourth-order valence-corrected chi connectivity index (χ4v) is 3.06. The minimum Gasteiger partial charge on any atom is -0.322 e. The topological polar surface area (TPSA) is 76.9 Å². The van der Waals surface area contributed by atoms with Gasteiger partial charge in [0.1, 0.15) is 23.0 Å². The van der Waals surface area contributed by atoms with Gasteiger partial charge in [-0.05, 0) is 49.4 Å². The predicted octanol–water partition coefficient (Wildman–Crippen LogP) is 3.62. The average Bonchev–Trinajstić information content (AvgIpc) is 2.68. The Balaban J connectivity index is 1.75. The van der Waals surface area contributed by atoms with Gasteiger partial charge >= 0.3 is 0 Å². The number of aromatic nitrogens is 3. The first-order valence-electron chi connectivity index (χ1n) is 8.66. The second-order valence-electron chi connectivity index (χ2n) is 6.28. The maximum atomic E-state index is 13.8. The van der Waals surface area contributed by atoms with E-state index in [1.165, 1.54) is 16.7 Å². The second kappa shape index (κ2) is 7.23. The number of nitrogens with one attached hydrogen (secondary N) is 1. The highest BCUT2D eigenvalue weighted by Gasteiger charge is 2.17. The summed E-state index contributed by atoms with van der Waals surface area (Å²) in [5, 5.41) is 2.81. The quantitative estimate of drug-likeness (QED) is 0.578. The van der Waals surface area contributed by atoms with Crippen LogP contribution in [0.1, 0.15) is 16.2 Å². The van der Waals surface area contributed by atoms with E-state index < -0.39 is 23.1 Å². The molecule has 0 unspecified atom stereocenters. The molecule has 4 rings (SSSR count). The molecular formula is C21H14F2N4O2. The summed E-state index contributed by atoms with van der Waals surface area (Å²) in [4.78, 5) is 33.7. The molecule has 6 nitrogen and oxygen atoms in total. The number of rotatable bonds is 3. The number of aryl methyl sites for hydroxylation is 1. The average molecular weight is 392 g/mol. The minimum absolute atomic E-state index is 0.271. The highest BCUT2D eigenvalue weighted by molar-refractivity contribution is 6.04. The lowest BCUT2D eigenvalue weighted by atomic mass is 10.1. The molecule has 0 aliphatic heterocycles. The number of fused-ring (bicyclic) bond motifs is 1. The number of pyridine rings is 1. The van der Waals surface area contributed by atoms with Crippen LogP contribution in [0.15, 0.2) is 65.6 Å². The van der Waals surface area contributed by atoms with Gasteiger partial charge in [-0.25, -0.2) is 18.7 Å². The maximum Gasteiger partial charge on any atom is 0.267 e. The third kappa shape index (κ3) is 3.36. The van der Waals surface area contributed by atoms with Crippen molar-refractivity contribution in [2.75, 3.05) is 5.32 Å². The molecule has 1 N–H and O–H groups in total. The number of halogens is 2. The molecule has 2 aromatic carbocycles. The maximum absolute atomic E-state index is 13.8. The van der Waals surface area contributed by atoms with E-state index in [0.29, 0.717) is 22.5 Å². The molecule has 0 atom stereocenters. The molecule has 29 heavy (non-hydrogen) atoms. The summed E-state index contributed by atoms with van der Waals surface area (Å²) in [7, 11) is 0. The highest BCUT2D eigenvalue weighted by Crippen LogP contribution is 2.19. The standard InChI is InChI=1S/C21H14F2N4O2/c1-12-25-19-15(7-4-10-24-19)21(29)27(12)14-6-2-5-13(11-14)26-20(28)18-16(22)8-3-9-17(18)23/h2-11H,1H3,(H,26,28). The highest BCUT2D eigenvalue weighted by atomic mass is 19.1. The Kier molecular flexibility index (Phi) is 4.59. The molecule has 0 saturated heterocycles. The third-order valence-electron chi connectivity index (χ3n) is 4.36. The molecular weight excluding hydrogens is 378 g/mol. The van der Waals surface area contributed by atoms with Crippen LogP contribution >= 0.6 is 0 Å².